The van der Waals surface area contributed by atoms with Gasteiger partial charge in [0, 0.05) is 43.3 Å². The summed E-state index contributed by atoms with van der Waals surface area (Å²) in [5.74, 6) is -0.956. The number of hydrogen-bond acceptors (Lipinski definition) is 5. The van der Waals surface area contributed by atoms with Crippen molar-refractivity contribution in [3.8, 4) is 0 Å². The fourth-order valence-corrected chi connectivity index (χ4v) is 5.30. The van der Waals surface area contributed by atoms with E-state index in [1.165, 1.54) is 36.6 Å². The van der Waals surface area contributed by atoms with E-state index in [1.807, 2.05) is 0 Å². The highest BCUT2D eigenvalue weighted by Crippen LogP contribution is 2.23. The number of carbonyl (C=O) groups excluding carboxylic acids is 1. The van der Waals surface area contributed by atoms with Gasteiger partial charge in [0.15, 0.2) is 15.6 Å². The van der Waals surface area contributed by atoms with Crippen molar-refractivity contribution in [1.82, 2.24) is 9.80 Å². The maximum atomic E-state index is 13.2. The Morgan fingerprint density at radius 2 is 1.72 bits per heavy atom. The van der Waals surface area contributed by atoms with Crippen molar-refractivity contribution in [2.45, 2.75) is 17.2 Å². The van der Waals surface area contributed by atoms with Crippen LogP contribution in [-0.4, -0.2) is 50.3 Å². The molecule has 2 aromatic carbocycles. The van der Waals surface area contributed by atoms with E-state index in [0.29, 0.717) is 43.3 Å². The summed E-state index contributed by atoms with van der Waals surface area (Å²) in [7, 11) is -3.60. The highest BCUT2D eigenvalue weighted by atomic mass is 35.5. The van der Waals surface area contributed by atoms with E-state index in [2.05, 4.69) is 4.90 Å². The van der Waals surface area contributed by atoms with Gasteiger partial charge in [-0.25, -0.2) is 12.8 Å². The number of hydrogen-bond donors (Lipinski definition) is 0. The van der Waals surface area contributed by atoms with Gasteiger partial charge in [0.25, 0.3) is 5.91 Å². The number of furan rings is 1. The Balaban J connectivity index is 1.40. The molecule has 32 heavy (non-hydrogen) atoms. The van der Waals surface area contributed by atoms with Gasteiger partial charge in [0.2, 0.25) is 0 Å². The second-order valence-corrected chi connectivity index (χ2v) is 10.0. The zero-order chi connectivity index (χ0) is 22.7. The normalized spacial score (nSPS) is 15.1. The molecule has 0 radical (unpaired) electrons. The first-order chi connectivity index (χ1) is 15.3. The van der Waals surface area contributed by atoms with Crippen LogP contribution in [0.3, 0.4) is 0 Å². The van der Waals surface area contributed by atoms with E-state index in [9.17, 15) is 17.6 Å². The van der Waals surface area contributed by atoms with Crippen molar-refractivity contribution < 1.29 is 22.0 Å². The summed E-state index contributed by atoms with van der Waals surface area (Å²) < 4.78 is 44.0. The van der Waals surface area contributed by atoms with Gasteiger partial charge < -0.3 is 9.32 Å². The lowest BCUT2D eigenvalue weighted by molar-refractivity contribution is 0.0596. The zero-order valence-corrected chi connectivity index (χ0v) is 18.8. The average Bonchev–Trinajstić information content (AvgIpc) is 3.23. The van der Waals surface area contributed by atoms with Crippen molar-refractivity contribution in [2.75, 3.05) is 26.2 Å². The van der Waals surface area contributed by atoms with E-state index in [4.69, 9.17) is 16.0 Å². The Hall–Kier alpha value is -2.68. The Kier molecular flexibility index (Phi) is 6.64. The van der Waals surface area contributed by atoms with Crippen LogP contribution in [-0.2, 0) is 22.1 Å². The molecule has 1 aliphatic rings. The molecule has 3 aromatic rings. The van der Waals surface area contributed by atoms with E-state index >= 15 is 0 Å². The van der Waals surface area contributed by atoms with Crippen molar-refractivity contribution in [3.63, 3.8) is 0 Å². The number of benzene rings is 2. The van der Waals surface area contributed by atoms with E-state index in [1.54, 1.807) is 29.2 Å². The first-order valence-electron chi connectivity index (χ1n) is 10.1. The topological polar surface area (TPSA) is 70.8 Å². The first kappa shape index (κ1) is 22.5. The summed E-state index contributed by atoms with van der Waals surface area (Å²) in [4.78, 5) is 17.0. The van der Waals surface area contributed by atoms with Crippen LogP contribution in [0.25, 0.3) is 0 Å². The second kappa shape index (κ2) is 9.44. The summed E-state index contributed by atoms with van der Waals surface area (Å²) in [5.41, 5.74) is 1.17. The minimum Gasteiger partial charge on any atom is -0.459 e. The van der Waals surface area contributed by atoms with Gasteiger partial charge in [-0.1, -0.05) is 35.9 Å². The fraction of sp³-hybridized carbons (Fsp3) is 0.261. The van der Waals surface area contributed by atoms with Crippen LogP contribution >= 0.6 is 11.6 Å². The summed E-state index contributed by atoms with van der Waals surface area (Å²) in [6, 6.07) is 14.0. The molecule has 1 aliphatic heterocycles. The van der Waals surface area contributed by atoms with Crippen molar-refractivity contribution in [1.29, 1.82) is 0 Å². The molecule has 4 rings (SSSR count). The maximum Gasteiger partial charge on any atom is 0.289 e. The van der Waals surface area contributed by atoms with Crippen molar-refractivity contribution >= 4 is 27.3 Å². The largest absolute Gasteiger partial charge is 0.459 e. The third kappa shape index (κ3) is 5.03. The van der Waals surface area contributed by atoms with Crippen LogP contribution in [0.1, 0.15) is 21.7 Å². The van der Waals surface area contributed by atoms with Crippen LogP contribution in [0, 0.1) is 5.82 Å². The molecule has 0 unspecified atom stereocenters. The van der Waals surface area contributed by atoms with Crippen molar-refractivity contribution in [2.24, 2.45) is 0 Å². The van der Waals surface area contributed by atoms with Crippen LogP contribution < -0.4 is 0 Å². The number of amides is 1. The van der Waals surface area contributed by atoms with Gasteiger partial charge in [-0.2, -0.15) is 0 Å². The highest BCUT2D eigenvalue weighted by molar-refractivity contribution is 7.90. The van der Waals surface area contributed by atoms with E-state index < -0.39 is 9.84 Å². The van der Waals surface area contributed by atoms with Gasteiger partial charge >= 0.3 is 0 Å². The monoisotopic (exact) mass is 476 g/mol. The van der Waals surface area contributed by atoms with Gasteiger partial charge in [-0.15, -0.1) is 0 Å². The van der Waals surface area contributed by atoms with Gasteiger partial charge in [-0.05, 0) is 35.9 Å². The molecular formula is C23H22ClFN2O4S. The molecule has 0 atom stereocenters. The number of rotatable bonds is 6. The molecule has 9 heteroatoms. The summed E-state index contributed by atoms with van der Waals surface area (Å²) in [5, 5.41) is 0.378. The molecule has 168 valence electrons. The predicted octanol–water partition coefficient (Wildman–Crippen LogP) is 4.00. The van der Waals surface area contributed by atoms with E-state index in [0.717, 1.165) is 5.56 Å². The number of nitrogens with zero attached hydrogens (tertiary/aromatic N) is 2. The third-order valence-corrected chi connectivity index (χ3v) is 7.49. The summed E-state index contributed by atoms with van der Waals surface area (Å²) >= 11 is 6.12. The average molecular weight is 477 g/mol. The maximum absolute atomic E-state index is 13.2. The molecular weight excluding hydrogens is 455 g/mol. The van der Waals surface area contributed by atoms with Crippen LogP contribution in [0.5, 0.6) is 0 Å². The SMILES string of the molecule is O=C(c1occc1CS(=O)(=O)c1ccccc1)N1CCN(Cc2ccc(F)cc2Cl)CC1. The minimum absolute atomic E-state index is 0.0551. The van der Waals surface area contributed by atoms with Crippen LogP contribution in [0.4, 0.5) is 4.39 Å². The second-order valence-electron chi connectivity index (χ2n) is 7.65. The molecule has 0 saturated carbocycles. The fourth-order valence-electron chi connectivity index (χ4n) is 3.70. The number of halogens is 2. The van der Waals surface area contributed by atoms with Crippen LogP contribution in [0.2, 0.25) is 5.02 Å². The lowest BCUT2D eigenvalue weighted by Gasteiger charge is -2.34. The predicted molar refractivity (Wildman–Crippen MR) is 119 cm³/mol. The lowest BCUT2D eigenvalue weighted by Crippen LogP contribution is -2.48. The smallest absolute Gasteiger partial charge is 0.289 e. The van der Waals surface area contributed by atoms with Crippen molar-refractivity contribution in [3.05, 3.63) is 88.6 Å². The number of piperazine rings is 1. The van der Waals surface area contributed by atoms with Gasteiger partial charge in [-0.3, -0.25) is 9.69 Å². The highest BCUT2D eigenvalue weighted by Gasteiger charge is 2.28. The minimum atomic E-state index is -3.60. The number of carbonyl (C=O) groups is 1. The van der Waals surface area contributed by atoms with Gasteiger partial charge in [0.05, 0.1) is 16.9 Å². The molecule has 0 bridgehead atoms. The molecule has 0 N–H and O–H groups in total. The first-order valence-corrected chi connectivity index (χ1v) is 12.2. The molecule has 1 amide bonds. The summed E-state index contributed by atoms with van der Waals surface area (Å²) in [6.07, 6.45) is 1.34. The zero-order valence-electron chi connectivity index (χ0n) is 17.2. The molecule has 2 heterocycles. The molecule has 6 nitrogen and oxygen atoms in total. The summed E-state index contributed by atoms with van der Waals surface area (Å²) in [6.45, 7) is 2.70. The molecule has 1 fully saturated rings. The molecule has 1 saturated heterocycles. The van der Waals surface area contributed by atoms with E-state index in [-0.39, 0.29) is 28.1 Å². The Morgan fingerprint density at radius 1 is 1.00 bits per heavy atom. The lowest BCUT2D eigenvalue weighted by atomic mass is 10.2. The van der Waals surface area contributed by atoms with Gasteiger partial charge in [0.1, 0.15) is 5.82 Å². The quantitative estimate of drug-likeness (QED) is 0.537. The molecule has 1 aromatic heterocycles. The Morgan fingerprint density at radius 3 is 2.41 bits per heavy atom. The Bertz CT molecular complexity index is 1210. The Labute approximate surface area is 191 Å². The third-order valence-electron chi connectivity index (χ3n) is 5.46. The molecule has 0 spiro atoms. The number of sulfone groups is 1. The molecule has 0 aliphatic carbocycles. The standard InChI is InChI=1S/C23H22ClFN2O4S/c24-21-14-19(25)7-6-17(21)15-26-9-11-27(12-10-26)23(28)22-18(8-13-31-22)16-32(29,30)20-4-2-1-3-5-20/h1-8,13-14H,9-12,15-16H2. The van der Waals surface area contributed by atoms with Crippen LogP contribution in [0.15, 0.2) is 70.2 Å².